The van der Waals surface area contributed by atoms with Gasteiger partial charge in [0.1, 0.15) is 5.69 Å². The predicted octanol–water partition coefficient (Wildman–Crippen LogP) is 0.948. The van der Waals surface area contributed by atoms with E-state index in [1.54, 1.807) is 28.9 Å². The third kappa shape index (κ3) is 2.48. The van der Waals surface area contributed by atoms with Crippen molar-refractivity contribution in [1.29, 1.82) is 0 Å². The largest absolute Gasteiger partial charge is 0.366 e. The normalized spacial score (nSPS) is 10.9. The summed E-state index contributed by atoms with van der Waals surface area (Å²) in [6.07, 6.45) is 0. The van der Waals surface area contributed by atoms with Crippen LogP contribution in [0.3, 0.4) is 0 Å². The Hall–Kier alpha value is -2.21. The maximum atomic E-state index is 11.0. The molecule has 0 bridgehead atoms. The lowest BCUT2D eigenvalue weighted by atomic mass is 10.1. The van der Waals surface area contributed by atoms with Gasteiger partial charge in [0.15, 0.2) is 0 Å². The minimum atomic E-state index is -0.447. The molecule has 0 atom stereocenters. The summed E-state index contributed by atoms with van der Waals surface area (Å²) in [5.74, 6) is -0.193. The molecular weight excluding hydrogens is 242 g/mol. The maximum absolute atomic E-state index is 11.0. The number of carbonyl (C=O) groups is 1. The molecule has 0 fully saturated rings. The maximum Gasteiger partial charge on any atom is 0.248 e. The van der Waals surface area contributed by atoms with Crippen molar-refractivity contribution in [2.24, 2.45) is 11.5 Å². The van der Waals surface area contributed by atoms with Crippen LogP contribution in [0.4, 0.5) is 0 Å². The Balaban J connectivity index is 2.47. The number of benzene rings is 1. The lowest BCUT2D eigenvalue weighted by Gasteiger charge is -2.10. The number of aromatic nitrogens is 3. The standard InChI is InChI=1S/C13H17N5O/c1-8(2)12-11(7-14)16-17-18(12)10-5-3-9(4-6-10)13(15)19/h3-6,8H,7,14H2,1-2H3,(H2,15,19). The molecule has 4 N–H and O–H groups in total. The second-order valence-corrected chi connectivity index (χ2v) is 4.60. The fourth-order valence-corrected chi connectivity index (χ4v) is 2.00. The first-order valence-electron chi connectivity index (χ1n) is 6.09. The Morgan fingerprint density at radius 2 is 1.95 bits per heavy atom. The molecule has 1 aromatic heterocycles. The van der Waals surface area contributed by atoms with Gasteiger partial charge in [0.25, 0.3) is 0 Å². The molecule has 19 heavy (non-hydrogen) atoms. The number of hydrogen-bond acceptors (Lipinski definition) is 4. The van der Waals surface area contributed by atoms with Gasteiger partial charge in [-0.1, -0.05) is 19.1 Å². The third-order valence-electron chi connectivity index (χ3n) is 2.92. The van der Waals surface area contributed by atoms with Crippen LogP contribution in [0.5, 0.6) is 0 Å². The number of amides is 1. The van der Waals surface area contributed by atoms with E-state index in [4.69, 9.17) is 11.5 Å². The van der Waals surface area contributed by atoms with Gasteiger partial charge in [0.2, 0.25) is 5.91 Å². The summed E-state index contributed by atoms with van der Waals surface area (Å²) in [7, 11) is 0. The van der Waals surface area contributed by atoms with Crippen LogP contribution < -0.4 is 11.5 Å². The molecular formula is C13H17N5O. The van der Waals surface area contributed by atoms with E-state index in [1.165, 1.54) is 0 Å². The fraction of sp³-hybridized carbons (Fsp3) is 0.308. The molecule has 0 spiro atoms. The second-order valence-electron chi connectivity index (χ2n) is 4.60. The Kier molecular flexibility index (Phi) is 3.62. The van der Waals surface area contributed by atoms with Gasteiger partial charge >= 0.3 is 0 Å². The summed E-state index contributed by atoms with van der Waals surface area (Å²) in [5, 5.41) is 8.21. The van der Waals surface area contributed by atoms with E-state index in [0.717, 1.165) is 17.1 Å². The van der Waals surface area contributed by atoms with Crippen molar-refractivity contribution in [1.82, 2.24) is 15.0 Å². The molecule has 0 saturated heterocycles. The van der Waals surface area contributed by atoms with Crippen molar-refractivity contribution in [2.75, 3.05) is 0 Å². The highest BCUT2D eigenvalue weighted by molar-refractivity contribution is 5.92. The topological polar surface area (TPSA) is 99.8 Å². The minimum absolute atomic E-state index is 0.254. The summed E-state index contributed by atoms with van der Waals surface area (Å²) in [4.78, 5) is 11.0. The van der Waals surface area contributed by atoms with Gasteiger partial charge in [0.05, 0.1) is 11.4 Å². The van der Waals surface area contributed by atoms with Crippen molar-refractivity contribution < 1.29 is 4.79 Å². The Labute approximate surface area is 111 Å². The molecule has 0 unspecified atom stereocenters. The highest BCUT2D eigenvalue weighted by atomic mass is 16.1. The van der Waals surface area contributed by atoms with Crippen LogP contribution in [-0.4, -0.2) is 20.9 Å². The average molecular weight is 259 g/mol. The van der Waals surface area contributed by atoms with Gasteiger partial charge in [-0.05, 0) is 30.2 Å². The van der Waals surface area contributed by atoms with Gasteiger partial charge in [-0.15, -0.1) is 5.10 Å². The van der Waals surface area contributed by atoms with Crippen LogP contribution in [0, 0.1) is 0 Å². The van der Waals surface area contributed by atoms with Gasteiger partial charge in [-0.2, -0.15) is 0 Å². The van der Waals surface area contributed by atoms with Crippen molar-refractivity contribution in [3.63, 3.8) is 0 Å². The fourth-order valence-electron chi connectivity index (χ4n) is 2.00. The number of primary amides is 1. The van der Waals surface area contributed by atoms with E-state index >= 15 is 0 Å². The molecule has 6 heteroatoms. The summed E-state index contributed by atoms with van der Waals surface area (Å²) < 4.78 is 1.75. The van der Waals surface area contributed by atoms with E-state index in [0.29, 0.717) is 12.1 Å². The SMILES string of the molecule is CC(C)c1c(CN)nnn1-c1ccc(C(N)=O)cc1. The second kappa shape index (κ2) is 5.19. The van der Waals surface area contributed by atoms with Crippen LogP contribution in [-0.2, 0) is 6.54 Å². The number of hydrogen-bond donors (Lipinski definition) is 2. The van der Waals surface area contributed by atoms with Crippen LogP contribution in [0.1, 0.15) is 41.5 Å². The van der Waals surface area contributed by atoms with Gasteiger partial charge < -0.3 is 11.5 Å². The van der Waals surface area contributed by atoms with Crippen LogP contribution >= 0.6 is 0 Å². The molecule has 0 saturated carbocycles. The Bertz CT molecular complexity index is 586. The van der Waals surface area contributed by atoms with E-state index in [9.17, 15) is 4.79 Å². The summed E-state index contributed by atoms with van der Waals surface area (Å²) in [6.45, 7) is 4.48. The zero-order chi connectivity index (χ0) is 14.0. The average Bonchev–Trinajstić information content (AvgIpc) is 2.82. The minimum Gasteiger partial charge on any atom is -0.366 e. The molecule has 6 nitrogen and oxygen atoms in total. The molecule has 0 aliphatic heterocycles. The van der Waals surface area contributed by atoms with E-state index < -0.39 is 5.91 Å². The van der Waals surface area contributed by atoms with Crippen LogP contribution in [0.15, 0.2) is 24.3 Å². The molecule has 1 amide bonds. The zero-order valence-corrected chi connectivity index (χ0v) is 11.0. The van der Waals surface area contributed by atoms with Crippen LogP contribution in [0.25, 0.3) is 5.69 Å². The highest BCUT2D eigenvalue weighted by Gasteiger charge is 2.16. The molecule has 2 rings (SSSR count). The first-order chi connectivity index (χ1) is 9.04. The zero-order valence-electron chi connectivity index (χ0n) is 11.0. The lowest BCUT2D eigenvalue weighted by Crippen LogP contribution is -2.11. The first kappa shape index (κ1) is 13.2. The Morgan fingerprint density at radius 3 is 2.42 bits per heavy atom. The van der Waals surface area contributed by atoms with Crippen molar-refractivity contribution in [3.8, 4) is 5.69 Å². The molecule has 1 heterocycles. The number of nitrogens with two attached hydrogens (primary N) is 2. The highest BCUT2D eigenvalue weighted by Crippen LogP contribution is 2.21. The molecule has 0 aliphatic rings. The van der Waals surface area contributed by atoms with Crippen molar-refractivity contribution in [2.45, 2.75) is 26.3 Å². The van der Waals surface area contributed by atoms with Crippen molar-refractivity contribution in [3.05, 3.63) is 41.2 Å². The molecule has 0 radical (unpaired) electrons. The van der Waals surface area contributed by atoms with Crippen LogP contribution in [0.2, 0.25) is 0 Å². The quantitative estimate of drug-likeness (QED) is 0.853. The summed E-state index contributed by atoms with van der Waals surface area (Å²) in [5.41, 5.74) is 14.0. The summed E-state index contributed by atoms with van der Waals surface area (Å²) in [6, 6.07) is 6.93. The number of carbonyl (C=O) groups excluding carboxylic acids is 1. The Morgan fingerprint density at radius 1 is 1.32 bits per heavy atom. The van der Waals surface area contributed by atoms with Gasteiger partial charge in [-0.25, -0.2) is 4.68 Å². The van der Waals surface area contributed by atoms with E-state index in [2.05, 4.69) is 24.2 Å². The lowest BCUT2D eigenvalue weighted by molar-refractivity contribution is 0.100. The van der Waals surface area contributed by atoms with Gasteiger partial charge in [0, 0.05) is 12.1 Å². The molecule has 2 aromatic rings. The first-order valence-corrected chi connectivity index (χ1v) is 6.09. The van der Waals surface area contributed by atoms with Crippen molar-refractivity contribution >= 4 is 5.91 Å². The van der Waals surface area contributed by atoms with Gasteiger partial charge in [-0.3, -0.25) is 4.79 Å². The summed E-state index contributed by atoms with van der Waals surface area (Å²) >= 11 is 0. The van der Waals surface area contributed by atoms with E-state index in [-0.39, 0.29) is 5.92 Å². The molecule has 0 aliphatic carbocycles. The number of rotatable bonds is 4. The smallest absolute Gasteiger partial charge is 0.248 e. The molecule has 1 aromatic carbocycles. The monoisotopic (exact) mass is 259 g/mol. The molecule has 100 valence electrons. The van der Waals surface area contributed by atoms with E-state index in [1.807, 2.05) is 0 Å². The predicted molar refractivity (Wildman–Crippen MR) is 71.9 cm³/mol. The third-order valence-corrected chi connectivity index (χ3v) is 2.92. The number of nitrogens with zero attached hydrogens (tertiary/aromatic N) is 3.